The Kier molecular flexibility index (Phi) is 5.64. The molecule has 0 radical (unpaired) electrons. The molecule has 0 aliphatic rings. The number of nitrogens with zero attached hydrogens (tertiary/aromatic N) is 1. The standard InChI is InChI=1S/C12H15N3O3/c13-7-9-2-1-3-10(6-9)14-12(18)15-11(8-17)4-5-16/h1-3,6,11,16-17H,4-5,8H2,(H2,14,15,18). The molecule has 1 unspecified atom stereocenters. The first-order valence-electron chi connectivity index (χ1n) is 5.49. The quantitative estimate of drug-likeness (QED) is 0.607. The molecule has 0 saturated heterocycles. The second kappa shape index (κ2) is 7.27. The number of carbonyl (C=O) groups excluding carboxylic acids is 1. The molecule has 0 aliphatic heterocycles. The third-order valence-corrected chi connectivity index (χ3v) is 2.28. The molecule has 6 heteroatoms. The molecule has 0 fully saturated rings. The van der Waals surface area contributed by atoms with Gasteiger partial charge in [0.25, 0.3) is 0 Å². The summed E-state index contributed by atoms with van der Waals surface area (Å²) in [7, 11) is 0. The molecule has 0 heterocycles. The van der Waals surface area contributed by atoms with Crippen LogP contribution in [0.1, 0.15) is 12.0 Å². The number of nitrogens with one attached hydrogen (secondary N) is 2. The summed E-state index contributed by atoms with van der Waals surface area (Å²) in [4.78, 5) is 11.6. The molecule has 1 aromatic rings. The zero-order chi connectivity index (χ0) is 13.4. The molecule has 2 amide bonds. The van der Waals surface area contributed by atoms with Crippen molar-refractivity contribution in [2.45, 2.75) is 12.5 Å². The number of amides is 2. The number of nitriles is 1. The van der Waals surface area contributed by atoms with Gasteiger partial charge in [0.2, 0.25) is 0 Å². The molecule has 4 N–H and O–H groups in total. The smallest absolute Gasteiger partial charge is 0.319 e. The third-order valence-electron chi connectivity index (χ3n) is 2.28. The Morgan fingerprint density at radius 1 is 1.44 bits per heavy atom. The minimum absolute atomic E-state index is 0.116. The topological polar surface area (TPSA) is 105 Å². The second-order valence-corrected chi connectivity index (χ2v) is 3.68. The number of rotatable bonds is 5. The number of aliphatic hydroxyl groups is 2. The molecule has 1 atom stereocenters. The first-order chi connectivity index (χ1) is 8.69. The van der Waals surface area contributed by atoms with Gasteiger partial charge >= 0.3 is 6.03 Å². The maximum absolute atomic E-state index is 11.6. The number of aliphatic hydroxyl groups excluding tert-OH is 2. The SMILES string of the molecule is N#Cc1cccc(NC(=O)NC(CO)CCO)c1. The minimum atomic E-state index is -0.492. The zero-order valence-corrected chi connectivity index (χ0v) is 9.76. The fourth-order valence-corrected chi connectivity index (χ4v) is 1.38. The summed E-state index contributed by atoms with van der Waals surface area (Å²) in [5.41, 5.74) is 0.939. The van der Waals surface area contributed by atoms with Crippen molar-refractivity contribution in [3.05, 3.63) is 29.8 Å². The van der Waals surface area contributed by atoms with Crippen molar-refractivity contribution in [2.75, 3.05) is 18.5 Å². The van der Waals surface area contributed by atoms with Gasteiger partial charge in [-0.1, -0.05) is 6.07 Å². The molecular weight excluding hydrogens is 234 g/mol. The Morgan fingerprint density at radius 2 is 2.22 bits per heavy atom. The van der Waals surface area contributed by atoms with Gasteiger partial charge in [0.15, 0.2) is 0 Å². The molecule has 96 valence electrons. The van der Waals surface area contributed by atoms with E-state index in [1.54, 1.807) is 24.3 Å². The van der Waals surface area contributed by atoms with E-state index in [1.807, 2.05) is 6.07 Å². The molecule has 0 saturated carbocycles. The maximum Gasteiger partial charge on any atom is 0.319 e. The lowest BCUT2D eigenvalue weighted by atomic mass is 10.2. The summed E-state index contributed by atoms with van der Waals surface area (Å²) in [6.45, 7) is -0.359. The maximum atomic E-state index is 11.6. The van der Waals surface area contributed by atoms with Crippen LogP contribution in [-0.2, 0) is 0 Å². The summed E-state index contributed by atoms with van der Waals surface area (Å²) in [5, 5.41) is 31.4. The third kappa shape index (κ3) is 4.41. The van der Waals surface area contributed by atoms with Gasteiger partial charge in [0, 0.05) is 12.3 Å². The Bertz CT molecular complexity index is 442. The van der Waals surface area contributed by atoms with E-state index in [4.69, 9.17) is 15.5 Å². The van der Waals surface area contributed by atoms with Crippen LogP contribution in [-0.4, -0.2) is 35.5 Å². The van der Waals surface area contributed by atoms with Crippen LogP contribution in [0, 0.1) is 11.3 Å². The number of carbonyl (C=O) groups is 1. The second-order valence-electron chi connectivity index (χ2n) is 3.68. The van der Waals surface area contributed by atoms with Crippen molar-refractivity contribution in [1.82, 2.24) is 5.32 Å². The van der Waals surface area contributed by atoms with E-state index in [9.17, 15) is 4.79 Å². The van der Waals surface area contributed by atoms with Crippen molar-refractivity contribution < 1.29 is 15.0 Å². The van der Waals surface area contributed by atoms with Crippen LogP contribution in [0.2, 0.25) is 0 Å². The monoisotopic (exact) mass is 249 g/mol. The van der Waals surface area contributed by atoms with Gasteiger partial charge < -0.3 is 20.8 Å². The van der Waals surface area contributed by atoms with Crippen molar-refractivity contribution in [2.24, 2.45) is 0 Å². The summed E-state index contributed by atoms with van der Waals surface area (Å²) in [6.07, 6.45) is 0.280. The predicted octanol–water partition coefficient (Wildman–Crippen LogP) is 0.423. The van der Waals surface area contributed by atoms with E-state index in [2.05, 4.69) is 10.6 Å². The molecular formula is C12H15N3O3. The van der Waals surface area contributed by atoms with Crippen LogP contribution in [0.3, 0.4) is 0 Å². The number of benzene rings is 1. The Labute approximate surface area is 105 Å². The van der Waals surface area contributed by atoms with Gasteiger partial charge in [-0.3, -0.25) is 0 Å². The van der Waals surface area contributed by atoms with Gasteiger partial charge in [0.05, 0.1) is 24.3 Å². The first-order valence-corrected chi connectivity index (χ1v) is 5.49. The number of hydrogen-bond acceptors (Lipinski definition) is 4. The van der Waals surface area contributed by atoms with Crippen LogP contribution in [0.5, 0.6) is 0 Å². The number of anilines is 1. The molecule has 0 aromatic heterocycles. The molecule has 0 aliphatic carbocycles. The van der Waals surface area contributed by atoms with Crippen LogP contribution in [0.15, 0.2) is 24.3 Å². The fourth-order valence-electron chi connectivity index (χ4n) is 1.38. The molecule has 0 bridgehead atoms. The van der Waals surface area contributed by atoms with Gasteiger partial charge in [-0.05, 0) is 24.6 Å². The van der Waals surface area contributed by atoms with Crippen LogP contribution in [0.25, 0.3) is 0 Å². The summed E-state index contributed by atoms with van der Waals surface area (Å²) < 4.78 is 0. The van der Waals surface area contributed by atoms with Crippen LogP contribution < -0.4 is 10.6 Å². The summed E-state index contributed by atoms with van der Waals surface area (Å²) in [6, 6.07) is 7.47. The highest BCUT2D eigenvalue weighted by molar-refractivity contribution is 5.89. The highest BCUT2D eigenvalue weighted by atomic mass is 16.3. The van der Waals surface area contributed by atoms with E-state index < -0.39 is 12.1 Å². The van der Waals surface area contributed by atoms with Crippen molar-refractivity contribution in [1.29, 1.82) is 5.26 Å². The normalized spacial score (nSPS) is 11.4. The average Bonchev–Trinajstić information content (AvgIpc) is 2.38. The minimum Gasteiger partial charge on any atom is -0.396 e. The zero-order valence-electron chi connectivity index (χ0n) is 9.76. The van der Waals surface area contributed by atoms with E-state index in [-0.39, 0.29) is 19.6 Å². The number of urea groups is 1. The Balaban J connectivity index is 2.56. The molecule has 1 rings (SSSR count). The van der Waals surface area contributed by atoms with Crippen LogP contribution >= 0.6 is 0 Å². The Morgan fingerprint density at radius 3 is 2.83 bits per heavy atom. The first kappa shape index (κ1) is 14.0. The largest absolute Gasteiger partial charge is 0.396 e. The number of hydrogen-bond donors (Lipinski definition) is 4. The lowest BCUT2D eigenvalue weighted by molar-refractivity contribution is 0.197. The summed E-state index contributed by atoms with van der Waals surface area (Å²) >= 11 is 0. The van der Waals surface area contributed by atoms with Gasteiger partial charge in [-0.2, -0.15) is 5.26 Å². The fraction of sp³-hybridized carbons (Fsp3) is 0.333. The van der Waals surface area contributed by atoms with E-state index in [0.29, 0.717) is 11.3 Å². The van der Waals surface area contributed by atoms with E-state index in [1.165, 1.54) is 0 Å². The van der Waals surface area contributed by atoms with E-state index >= 15 is 0 Å². The lowest BCUT2D eigenvalue weighted by Crippen LogP contribution is -2.40. The highest BCUT2D eigenvalue weighted by Gasteiger charge is 2.10. The molecule has 18 heavy (non-hydrogen) atoms. The van der Waals surface area contributed by atoms with E-state index in [0.717, 1.165) is 0 Å². The molecule has 6 nitrogen and oxygen atoms in total. The summed E-state index contributed by atoms with van der Waals surface area (Å²) in [5.74, 6) is 0. The van der Waals surface area contributed by atoms with Crippen molar-refractivity contribution in [3.63, 3.8) is 0 Å². The molecule has 1 aromatic carbocycles. The highest BCUT2D eigenvalue weighted by Crippen LogP contribution is 2.09. The lowest BCUT2D eigenvalue weighted by Gasteiger charge is -2.15. The van der Waals surface area contributed by atoms with Gasteiger partial charge in [-0.15, -0.1) is 0 Å². The van der Waals surface area contributed by atoms with Gasteiger partial charge in [-0.25, -0.2) is 4.79 Å². The average molecular weight is 249 g/mol. The molecule has 0 spiro atoms. The van der Waals surface area contributed by atoms with Gasteiger partial charge in [0.1, 0.15) is 0 Å². The van der Waals surface area contributed by atoms with Crippen molar-refractivity contribution in [3.8, 4) is 6.07 Å². The van der Waals surface area contributed by atoms with Crippen LogP contribution in [0.4, 0.5) is 10.5 Å². The van der Waals surface area contributed by atoms with Crippen molar-refractivity contribution >= 4 is 11.7 Å². The Hall–Kier alpha value is -2.10. The predicted molar refractivity (Wildman–Crippen MR) is 65.9 cm³/mol.